The average Bonchev–Trinajstić information content (AvgIpc) is 3.38. The normalized spacial score (nSPS) is 23.7. The molecule has 0 spiro atoms. The number of phenols is 1. The van der Waals surface area contributed by atoms with Gasteiger partial charge in [0, 0.05) is 31.7 Å². The fourth-order valence-electron chi connectivity index (χ4n) is 5.14. The van der Waals surface area contributed by atoms with Gasteiger partial charge in [-0.3, -0.25) is 4.79 Å². The summed E-state index contributed by atoms with van der Waals surface area (Å²) in [5.41, 5.74) is 8.22. The summed E-state index contributed by atoms with van der Waals surface area (Å²) in [5.74, 6) is 2.02. The number of methoxy groups -OCH3 is 2. The number of carbonyl (C=O) groups excluding carboxylic acids is 1. The van der Waals surface area contributed by atoms with Crippen molar-refractivity contribution in [3.8, 4) is 17.2 Å². The van der Waals surface area contributed by atoms with E-state index in [1.165, 1.54) is 0 Å². The molecule has 4 atom stereocenters. The Morgan fingerprint density at radius 1 is 1.03 bits per heavy atom. The van der Waals surface area contributed by atoms with Gasteiger partial charge in [-0.2, -0.15) is 0 Å². The summed E-state index contributed by atoms with van der Waals surface area (Å²) in [7, 11) is 3.30. The van der Waals surface area contributed by atoms with Crippen molar-refractivity contribution in [3.05, 3.63) is 53.6 Å². The van der Waals surface area contributed by atoms with Crippen LogP contribution >= 0.6 is 0 Å². The largest absolute Gasteiger partial charge is 0.508 e. The number of para-hydroxylation sites is 1. The zero-order valence-corrected chi connectivity index (χ0v) is 21.0. The van der Waals surface area contributed by atoms with Crippen LogP contribution in [0.5, 0.6) is 17.2 Å². The van der Waals surface area contributed by atoms with Crippen molar-refractivity contribution in [3.63, 3.8) is 0 Å². The predicted octanol–water partition coefficient (Wildman–Crippen LogP) is 3.58. The van der Waals surface area contributed by atoms with Gasteiger partial charge in [-0.1, -0.05) is 38.1 Å². The highest BCUT2D eigenvalue weighted by Crippen LogP contribution is 2.49. The van der Waals surface area contributed by atoms with E-state index >= 15 is 0 Å². The number of benzene rings is 2. The Hall–Kier alpha value is -2.81. The summed E-state index contributed by atoms with van der Waals surface area (Å²) >= 11 is 0. The van der Waals surface area contributed by atoms with Crippen molar-refractivity contribution in [2.75, 3.05) is 34.0 Å². The van der Waals surface area contributed by atoms with Crippen LogP contribution in [0.25, 0.3) is 0 Å². The molecule has 4 unspecified atom stereocenters. The Morgan fingerprint density at radius 3 is 2.51 bits per heavy atom. The number of nitrogens with one attached hydrogen (secondary N) is 2. The molecule has 0 radical (unpaired) electrons. The van der Waals surface area contributed by atoms with Crippen LogP contribution in [0.3, 0.4) is 0 Å². The minimum Gasteiger partial charge on any atom is -0.508 e. The molecule has 2 saturated heterocycles. The van der Waals surface area contributed by atoms with Gasteiger partial charge in [0.15, 0.2) is 11.5 Å². The van der Waals surface area contributed by atoms with Gasteiger partial charge >= 0.3 is 0 Å². The molecule has 4 rings (SSSR count). The Labute approximate surface area is 207 Å². The molecule has 1 amide bonds. The van der Waals surface area contributed by atoms with Gasteiger partial charge in [-0.05, 0) is 42.5 Å². The smallest absolute Gasteiger partial charge is 0.242 e. The molecule has 35 heavy (non-hydrogen) atoms. The summed E-state index contributed by atoms with van der Waals surface area (Å²) in [5, 5.41) is 10.6. The minimum absolute atomic E-state index is 0.0396. The SMILES string of the molecule is COCCCN1C(=O)C2NNC(c3ccccc3O)C2C1c1ccc(OCCC(C)C)c(OC)c1. The molecule has 2 aromatic carbocycles. The number of aromatic hydroxyl groups is 1. The Kier molecular flexibility index (Phi) is 8.15. The summed E-state index contributed by atoms with van der Waals surface area (Å²) in [4.78, 5) is 15.5. The van der Waals surface area contributed by atoms with Crippen molar-refractivity contribution >= 4 is 5.91 Å². The molecule has 0 bridgehead atoms. The van der Waals surface area contributed by atoms with E-state index < -0.39 is 6.04 Å². The first-order valence-electron chi connectivity index (χ1n) is 12.3. The van der Waals surface area contributed by atoms with Gasteiger partial charge in [0.1, 0.15) is 11.8 Å². The number of amides is 1. The van der Waals surface area contributed by atoms with E-state index in [1.807, 2.05) is 35.2 Å². The number of nitrogens with zero attached hydrogens (tertiary/aromatic N) is 1. The van der Waals surface area contributed by atoms with Crippen LogP contribution in [0.1, 0.15) is 49.9 Å². The van der Waals surface area contributed by atoms with E-state index in [1.54, 1.807) is 26.4 Å². The minimum atomic E-state index is -0.403. The third kappa shape index (κ3) is 5.24. The number of rotatable bonds is 11. The third-order valence-corrected chi connectivity index (χ3v) is 6.91. The zero-order chi connectivity index (χ0) is 24.9. The quantitative estimate of drug-likeness (QED) is 0.421. The molecule has 0 saturated carbocycles. The van der Waals surface area contributed by atoms with Crippen molar-refractivity contribution in [1.29, 1.82) is 0 Å². The molecule has 2 aliphatic heterocycles. The van der Waals surface area contributed by atoms with E-state index in [0.717, 1.165) is 24.0 Å². The molecule has 3 N–H and O–H groups in total. The fourth-order valence-corrected chi connectivity index (χ4v) is 5.14. The van der Waals surface area contributed by atoms with E-state index in [9.17, 15) is 9.90 Å². The predicted molar refractivity (Wildman–Crippen MR) is 133 cm³/mol. The number of hydrogen-bond acceptors (Lipinski definition) is 7. The van der Waals surface area contributed by atoms with Crippen molar-refractivity contribution in [1.82, 2.24) is 15.8 Å². The Morgan fingerprint density at radius 2 is 1.80 bits per heavy atom. The summed E-state index contributed by atoms with van der Waals surface area (Å²) in [6.45, 7) is 6.10. The monoisotopic (exact) mass is 483 g/mol. The molecule has 8 nitrogen and oxygen atoms in total. The average molecular weight is 484 g/mol. The van der Waals surface area contributed by atoms with Crippen LogP contribution in [0.2, 0.25) is 0 Å². The molecular formula is C27H37N3O5. The van der Waals surface area contributed by atoms with Crippen LogP contribution in [0.4, 0.5) is 0 Å². The topological polar surface area (TPSA) is 92.3 Å². The highest BCUT2D eigenvalue weighted by Gasteiger charge is 2.55. The number of fused-ring (bicyclic) bond motifs is 1. The van der Waals surface area contributed by atoms with Crippen LogP contribution in [0.15, 0.2) is 42.5 Å². The number of likely N-dealkylation sites (tertiary alicyclic amines) is 1. The van der Waals surface area contributed by atoms with E-state index in [4.69, 9.17) is 14.2 Å². The van der Waals surface area contributed by atoms with Gasteiger partial charge in [-0.25, -0.2) is 10.9 Å². The summed E-state index contributed by atoms with van der Waals surface area (Å²) in [6.07, 6.45) is 1.69. The third-order valence-electron chi connectivity index (χ3n) is 6.91. The highest BCUT2D eigenvalue weighted by molar-refractivity contribution is 5.86. The molecule has 2 aromatic rings. The standard InChI is InChI=1S/C27H37N3O5/c1-17(2)12-15-35-21-11-10-18(16-22(21)34-4)26-23-24(19-8-5-6-9-20(19)31)28-29-25(23)27(32)30(26)13-7-14-33-3/h5-6,8-11,16-17,23-26,28-29,31H,7,12-15H2,1-4H3. The summed E-state index contributed by atoms with van der Waals surface area (Å²) in [6, 6.07) is 12.4. The second-order valence-electron chi connectivity index (χ2n) is 9.64. The number of ether oxygens (including phenoxy) is 3. The van der Waals surface area contributed by atoms with E-state index in [-0.39, 0.29) is 29.7 Å². The maximum atomic E-state index is 13.5. The molecule has 2 aliphatic rings. The lowest BCUT2D eigenvalue weighted by Crippen LogP contribution is -2.41. The maximum absolute atomic E-state index is 13.5. The van der Waals surface area contributed by atoms with Gasteiger partial charge in [-0.15, -0.1) is 0 Å². The zero-order valence-electron chi connectivity index (χ0n) is 21.0. The lowest BCUT2D eigenvalue weighted by atomic mass is 9.83. The molecule has 2 fully saturated rings. The highest BCUT2D eigenvalue weighted by atomic mass is 16.5. The lowest BCUT2D eigenvalue weighted by Gasteiger charge is -2.32. The van der Waals surface area contributed by atoms with Crippen molar-refractivity contribution in [2.24, 2.45) is 11.8 Å². The van der Waals surface area contributed by atoms with Crippen LogP contribution in [-0.2, 0) is 9.53 Å². The van der Waals surface area contributed by atoms with Gasteiger partial charge < -0.3 is 24.2 Å². The molecule has 190 valence electrons. The van der Waals surface area contributed by atoms with Crippen LogP contribution < -0.4 is 20.3 Å². The maximum Gasteiger partial charge on any atom is 0.242 e. The molecule has 2 heterocycles. The second kappa shape index (κ2) is 11.3. The number of carbonyl (C=O) groups is 1. The first-order chi connectivity index (χ1) is 17.0. The van der Waals surface area contributed by atoms with Crippen molar-refractivity contribution in [2.45, 2.75) is 44.8 Å². The first kappa shape index (κ1) is 25.3. The fraction of sp³-hybridized carbons (Fsp3) is 0.519. The van der Waals surface area contributed by atoms with Gasteiger partial charge in [0.05, 0.1) is 25.8 Å². The molecule has 0 aliphatic carbocycles. The number of hydrazine groups is 1. The summed E-state index contributed by atoms with van der Waals surface area (Å²) < 4.78 is 16.9. The van der Waals surface area contributed by atoms with Crippen molar-refractivity contribution < 1.29 is 24.1 Å². The molecular weight excluding hydrogens is 446 g/mol. The molecule has 0 aromatic heterocycles. The number of phenolic OH excluding ortho intramolecular Hbond substituents is 1. The van der Waals surface area contributed by atoms with Crippen LogP contribution in [0, 0.1) is 11.8 Å². The number of hydrogen-bond donors (Lipinski definition) is 3. The van der Waals surface area contributed by atoms with E-state index in [2.05, 4.69) is 24.7 Å². The lowest BCUT2D eigenvalue weighted by molar-refractivity contribution is -0.131. The van der Waals surface area contributed by atoms with Gasteiger partial charge in [0.25, 0.3) is 0 Å². The second-order valence-corrected chi connectivity index (χ2v) is 9.64. The Bertz CT molecular complexity index is 1010. The Balaban J connectivity index is 1.69. The first-order valence-corrected chi connectivity index (χ1v) is 12.3. The van der Waals surface area contributed by atoms with E-state index in [0.29, 0.717) is 37.2 Å². The van der Waals surface area contributed by atoms with Gasteiger partial charge in [0.2, 0.25) is 5.91 Å². The van der Waals surface area contributed by atoms with Crippen LogP contribution in [-0.4, -0.2) is 55.9 Å². The molecule has 8 heteroatoms.